The zero-order valence-electron chi connectivity index (χ0n) is 12.5. The molecule has 0 bridgehead atoms. The van der Waals surface area contributed by atoms with Gasteiger partial charge >= 0.3 is 0 Å². The molecular weight excluding hydrogens is 288 g/mol. The van der Waals surface area contributed by atoms with Crippen LogP contribution in [0.5, 0.6) is 23.0 Å². The van der Waals surface area contributed by atoms with E-state index in [4.69, 9.17) is 14.2 Å². The summed E-state index contributed by atoms with van der Waals surface area (Å²) in [7, 11) is 0. The Morgan fingerprint density at radius 2 is 1.43 bits per heavy atom. The number of benzene rings is 3. The van der Waals surface area contributed by atoms with Crippen molar-refractivity contribution in [2.24, 2.45) is 0 Å². The maximum absolute atomic E-state index is 6.03. The Balaban J connectivity index is 1.59. The van der Waals surface area contributed by atoms with Crippen molar-refractivity contribution in [3.8, 4) is 23.0 Å². The van der Waals surface area contributed by atoms with Crippen LogP contribution in [0.1, 0.15) is 11.7 Å². The minimum absolute atomic E-state index is 0.119. The average Bonchev–Trinajstić information content (AvgIpc) is 3.01. The fourth-order valence-corrected chi connectivity index (χ4v) is 2.65. The van der Waals surface area contributed by atoms with E-state index in [1.807, 2.05) is 78.9 Å². The molecule has 0 radical (unpaired) electrons. The van der Waals surface area contributed by atoms with Gasteiger partial charge in [0.25, 0.3) is 0 Å². The molecule has 0 spiro atoms. The lowest BCUT2D eigenvalue weighted by Gasteiger charge is -2.13. The highest BCUT2D eigenvalue weighted by atomic mass is 16.6. The van der Waals surface area contributed by atoms with Gasteiger partial charge in [-0.3, -0.25) is 0 Å². The third-order valence-corrected chi connectivity index (χ3v) is 3.73. The van der Waals surface area contributed by atoms with E-state index in [1.165, 1.54) is 0 Å². The highest BCUT2D eigenvalue weighted by molar-refractivity contribution is 5.52. The van der Waals surface area contributed by atoms with Crippen molar-refractivity contribution in [3.05, 3.63) is 84.4 Å². The van der Waals surface area contributed by atoms with Crippen molar-refractivity contribution in [2.45, 2.75) is 6.10 Å². The number of hydrogen-bond acceptors (Lipinski definition) is 3. The molecule has 23 heavy (non-hydrogen) atoms. The van der Waals surface area contributed by atoms with E-state index in [0.29, 0.717) is 12.4 Å². The van der Waals surface area contributed by atoms with Gasteiger partial charge in [-0.15, -0.1) is 0 Å². The molecule has 0 aliphatic carbocycles. The molecule has 1 aliphatic heterocycles. The average molecular weight is 304 g/mol. The van der Waals surface area contributed by atoms with E-state index in [0.717, 1.165) is 22.8 Å². The predicted octanol–water partition coefficient (Wildman–Crippen LogP) is 4.99. The monoisotopic (exact) mass is 304 g/mol. The van der Waals surface area contributed by atoms with Crippen molar-refractivity contribution < 1.29 is 14.2 Å². The molecule has 114 valence electrons. The van der Waals surface area contributed by atoms with Crippen molar-refractivity contribution in [1.82, 2.24) is 0 Å². The van der Waals surface area contributed by atoms with Crippen LogP contribution in [0.15, 0.2) is 78.9 Å². The molecule has 0 saturated carbocycles. The van der Waals surface area contributed by atoms with Crippen LogP contribution < -0.4 is 14.2 Å². The first kappa shape index (κ1) is 13.7. The molecule has 0 fully saturated rings. The fraction of sp³-hybridized carbons (Fsp3) is 0.100. The lowest BCUT2D eigenvalue weighted by molar-refractivity contribution is 0.162. The first-order chi connectivity index (χ1) is 11.4. The molecule has 3 heteroatoms. The number of rotatable bonds is 4. The van der Waals surface area contributed by atoms with Crippen LogP contribution >= 0.6 is 0 Å². The second kappa shape index (κ2) is 6.05. The van der Waals surface area contributed by atoms with Crippen molar-refractivity contribution in [1.29, 1.82) is 0 Å². The first-order valence-corrected chi connectivity index (χ1v) is 7.60. The number of para-hydroxylation sites is 3. The molecule has 0 aromatic heterocycles. The standard InChI is InChI=1S/C20H16O3/c1-3-8-15(9-4-1)22-18-13-7-12-17-19(14-21-20(17)18)23-16-10-5-2-6-11-16/h1-13,19H,14H2. The third kappa shape index (κ3) is 2.86. The first-order valence-electron chi connectivity index (χ1n) is 7.60. The number of fused-ring (bicyclic) bond motifs is 1. The molecular formula is C20H16O3. The van der Waals surface area contributed by atoms with E-state index < -0.39 is 0 Å². The van der Waals surface area contributed by atoms with E-state index in [1.54, 1.807) is 0 Å². The SMILES string of the molecule is c1ccc(Oc2cccc3c2OCC3Oc2ccccc2)cc1. The number of hydrogen-bond donors (Lipinski definition) is 0. The smallest absolute Gasteiger partial charge is 0.169 e. The molecule has 1 atom stereocenters. The van der Waals surface area contributed by atoms with E-state index >= 15 is 0 Å². The normalized spacial score (nSPS) is 15.6. The largest absolute Gasteiger partial charge is 0.485 e. The molecule has 4 rings (SSSR count). The lowest BCUT2D eigenvalue weighted by atomic mass is 10.1. The molecule has 1 aliphatic rings. The Bertz CT molecular complexity index is 784. The van der Waals surface area contributed by atoms with E-state index in [9.17, 15) is 0 Å². The van der Waals surface area contributed by atoms with Crippen LogP contribution in [-0.2, 0) is 0 Å². The topological polar surface area (TPSA) is 27.7 Å². The molecule has 3 nitrogen and oxygen atoms in total. The van der Waals surface area contributed by atoms with Crippen LogP contribution in [0, 0.1) is 0 Å². The highest BCUT2D eigenvalue weighted by Crippen LogP contribution is 2.43. The summed E-state index contributed by atoms with van der Waals surface area (Å²) in [6.45, 7) is 0.486. The molecule has 3 aromatic carbocycles. The van der Waals surface area contributed by atoms with Gasteiger partial charge in [0.1, 0.15) is 18.1 Å². The van der Waals surface area contributed by atoms with Gasteiger partial charge in [0.05, 0.1) is 0 Å². The molecule has 1 unspecified atom stereocenters. The van der Waals surface area contributed by atoms with Gasteiger partial charge in [-0.05, 0) is 30.3 Å². The second-order valence-electron chi connectivity index (χ2n) is 5.32. The van der Waals surface area contributed by atoms with Crippen LogP contribution in [-0.4, -0.2) is 6.61 Å². The minimum Gasteiger partial charge on any atom is -0.485 e. The van der Waals surface area contributed by atoms with E-state index in [-0.39, 0.29) is 6.10 Å². The highest BCUT2D eigenvalue weighted by Gasteiger charge is 2.29. The van der Waals surface area contributed by atoms with E-state index in [2.05, 4.69) is 0 Å². The Morgan fingerprint density at radius 3 is 2.17 bits per heavy atom. The summed E-state index contributed by atoms with van der Waals surface area (Å²) in [5.41, 5.74) is 1.02. The third-order valence-electron chi connectivity index (χ3n) is 3.73. The van der Waals surface area contributed by atoms with Gasteiger partial charge in [0, 0.05) is 5.56 Å². The zero-order chi connectivity index (χ0) is 15.5. The van der Waals surface area contributed by atoms with Crippen molar-refractivity contribution in [3.63, 3.8) is 0 Å². The van der Waals surface area contributed by atoms with Gasteiger partial charge in [-0.2, -0.15) is 0 Å². The van der Waals surface area contributed by atoms with Crippen LogP contribution in [0.25, 0.3) is 0 Å². The van der Waals surface area contributed by atoms with Gasteiger partial charge < -0.3 is 14.2 Å². The lowest BCUT2D eigenvalue weighted by Crippen LogP contribution is -2.08. The summed E-state index contributed by atoms with van der Waals surface area (Å²) in [6.07, 6.45) is -0.119. The van der Waals surface area contributed by atoms with Gasteiger partial charge in [0.15, 0.2) is 17.6 Å². The van der Waals surface area contributed by atoms with Crippen LogP contribution in [0.2, 0.25) is 0 Å². The van der Waals surface area contributed by atoms with Crippen LogP contribution in [0.3, 0.4) is 0 Å². The molecule has 0 saturated heterocycles. The van der Waals surface area contributed by atoms with Crippen molar-refractivity contribution in [2.75, 3.05) is 6.61 Å². The predicted molar refractivity (Wildman–Crippen MR) is 88.3 cm³/mol. The summed E-state index contributed by atoms with van der Waals surface area (Å²) in [5.74, 6) is 3.10. The Morgan fingerprint density at radius 1 is 0.739 bits per heavy atom. The summed E-state index contributed by atoms with van der Waals surface area (Å²) in [5, 5.41) is 0. The van der Waals surface area contributed by atoms with Gasteiger partial charge in [0.2, 0.25) is 0 Å². The van der Waals surface area contributed by atoms with Crippen molar-refractivity contribution >= 4 is 0 Å². The van der Waals surface area contributed by atoms with Crippen LogP contribution in [0.4, 0.5) is 0 Å². The quantitative estimate of drug-likeness (QED) is 0.679. The number of ether oxygens (including phenoxy) is 3. The fourth-order valence-electron chi connectivity index (χ4n) is 2.65. The minimum atomic E-state index is -0.119. The Hall–Kier alpha value is -2.94. The molecule has 3 aromatic rings. The summed E-state index contributed by atoms with van der Waals surface area (Å²) in [4.78, 5) is 0. The molecule has 0 N–H and O–H groups in total. The van der Waals surface area contributed by atoms with Gasteiger partial charge in [-0.1, -0.05) is 48.5 Å². The molecule has 0 amide bonds. The maximum Gasteiger partial charge on any atom is 0.169 e. The summed E-state index contributed by atoms with van der Waals surface area (Å²) in [6, 6.07) is 25.4. The Labute approximate surface area is 135 Å². The Kier molecular flexibility index (Phi) is 3.60. The summed E-state index contributed by atoms with van der Waals surface area (Å²) < 4.78 is 17.8. The maximum atomic E-state index is 6.03. The van der Waals surface area contributed by atoms with Gasteiger partial charge in [-0.25, -0.2) is 0 Å². The molecule has 1 heterocycles. The second-order valence-corrected chi connectivity index (χ2v) is 5.32. The summed E-state index contributed by atoms with van der Waals surface area (Å²) >= 11 is 0. The zero-order valence-corrected chi connectivity index (χ0v) is 12.5.